The van der Waals surface area contributed by atoms with Crippen LogP contribution in [-0.2, 0) is 6.42 Å². The van der Waals surface area contributed by atoms with Gasteiger partial charge < -0.3 is 10.4 Å². The molecule has 4 heteroatoms. The van der Waals surface area contributed by atoms with Gasteiger partial charge in [0.1, 0.15) is 0 Å². The summed E-state index contributed by atoms with van der Waals surface area (Å²) in [6.45, 7) is 3.87. The number of nitrogens with zero attached hydrogens (tertiary/aromatic N) is 1. The first-order chi connectivity index (χ1) is 7.60. The van der Waals surface area contributed by atoms with Gasteiger partial charge in [-0.2, -0.15) is 0 Å². The van der Waals surface area contributed by atoms with Crippen molar-refractivity contribution in [1.29, 1.82) is 0 Å². The SMILES string of the molecule is CC1CNCCC1(O)Cc1cncc(Br)c1. The summed E-state index contributed by atoms with van der Waals surface area (Å²) in [6.07, 6.45) is 5.08. The number of hydrogen-bond acceptors (Lipinski definition) is 3. The van der Waals surface area contributed by atoms with Crippen LogP contribution >= 0.6 is 15.9 Å². The Bertz CT molecular complexity index is 372. The fraction of sp³-hybridized carbons (Fsp3) is 0.583. The average molecular weight is 285 g/mol. The Morgan fingerprint density at radius 2 is 2.44 bits per heavy atom. The Balaban J connectivity index is 2.13. The lowest BCUT2D eigenvalue weighted by molar-refractivity contribution is -0.0330. The third kappa shape index (κ3) is 2.62. The number of halogens is 1. The molecule has 0 bridgehead atoms. The quantitative estimate of drug-likeness (QED) is 0.870. The van der Waals surface area contributed by atoms with Gasteiger partial charge in [0.05, 0.1) is 5.60 Å². The molecule has 1 aliphatic rings. The average Bonchev–Trinajstić information content (AvgIpc) is 2.23. The van der Waals surface area contributed by atoms with Gasteiger partial charge in [0.15, 0.2) is 0 Å². The molecule has 0 spiro atoms. The Morgan fingerprint density at radius 3 is 3.12 bits per heavy atom. The van der Waals surface area contributed by atoms with Crippen LogP contribution < -0.4 is 5.32 Å². The van der Waals surface area contributed by atoms with Gasteiger partial charge in [0.25, 0.3) is 0 Å². The monoisotopic (exact) mass is 284 g/mol. The van der Waals surface area contributed by atoms with E-state index in [1.54, 1.807) is 6.20 Å². The van der Waals surface area contributed by atoms with Gasteiger partial charge in [-0.25, -0.2) is 0 Å². The molecule has 0 amide bonds. The second-order valence-electron chi connectivity index (χ2n) is 4.65. The van der Waals surface area contributed by atoms with E-state index in [0.29, 0.717) is 6.42 Å². The number of aliphatic hydroxyl groups is 1. The molecule has 2 rings (SSSR count). The minimum absolute atomic E-state index is 0.278. The van der Waals surface area contributed by atoms with Crippen molar-refractivity contribution in [2.45, 2.75) is 25.4 Å². The molecule has 1 aromatic rings. The van der Waals surface area contributed by atoms with Crippen molar-refractivity contribution < 1.29 is 5.11 Å². The maximum absolute atomic E-state index is 10.6. The lowest BCUT2D eigenvalue weighted by atomic mass is 9.79. The van der Waals surface area contributed by atoms with Gasteiger partial charge in [-0.05, 0) is 46.4 Å². The molecule has 1 fully saturated rings. The van der Waals surface area contributed by atoms with Crippen LogP contribution in [0.25, 0.3) is 0 Å². The Morgan fingerprint density at radius 1 is 1.62 bits per heavy atom. The maximum atomic E-state index is 10.6. The van der Waals surface area contributed by atoms with Gasteiger partial charge in [-0.3, -0.25) is 4.98 Å². The second-order valence-corrected chi connectivity index (χ2v) is 5.56. The van der Waals surface area contributed by atoms with Gasteiger partial charge in [0.2, 0.25) is 0 Å². The number of pyridine rings is 1. The summed E-state index contributed by atoms with van der Waals surface area (Å²) in [7, 11) is 0. The summed E-state index contributed by atoms with van der Waals surface area (Å²) in [6, 6.07) is 2.03. The van der Waals surface area contributed by atoms with E-state index in [0.717, 1.165) is 29.5 Å². The molecule has 88 valence electrons. The van der Waals surface area contributed by atoms with Crippen molar-refractivity contribution in [3.05, 3.63) is 28.5 Å². The van der Waals surface area contributed by atoms with Crippen LogP contribution in [0.15, 0.2) is 22.9 Å². The molecular formula is C12H17BrN2O. The fourth-order valence-corrected chi connectivity index (χ4v) is 2.64. The van der Waals surface area contributed by atoms with E-state index in [-0.39, 0.29) is 5.92 Å². The van der Waals surface area contributed by atoms with E-state index in [2.05, 4.69) is 33.2 Å². The summed E-state index contributed by atoms with van der Waals surface area (Å²) in [5.41, 5.74) is 0.499. The van der Waals surface area contributed by atoms with Gasteiger partial charge in [-0.15, -0.1) is 0 Å². The number of aromatic nitrogens is 1. The Kier molecular flexibility index (Phi) is 3.62. The summed E-state index contributed by atoms with van der Waals surface area (Å²) in [5, 5.41) is 13.9. The van der Waals surface area contributed by atoms with E-state index >= 15 is 0 Å². The molecule has 0 radical (unpaired) electrons. The first-order valence-electron chi connectivity index (χ1n) is 5.63. The van der Waals surface area contributed by atoms with Crippen LogP contribution in [0.2, 0.25) is 0 Å². The fourth-order valence-electron chi connectivity index (χ4n) is 2.23. The molecule has 16 heavy (non-hydrogen) atoms. The number of nitrogens with one attached hydrogen (secondary N) is 1. The van der Waals surface area contributed by atoms with Crippen LogP contribution in [0.4, 0.5) is 0 Å². The summed E-state index contributed by atoms with van der Waals surface area (Å²) in [4.78, 5) is 4.13. The second kappa shape index (κ2) is 4.82. The highest BCUT2D eigenvalue weighted by Crippen LogP contribution is 2.28. The molecule has 1 aliphatic heterocycles. The highest BCUT2D eigenvalue weighted by Gasteiger charge is 2.35. The molecule has 2 atom stereocenters. The van der Waals surface area contributed by atoms with Crippen molar-refractivity contribution in [1.82, 2.24) is 10.3 Å². The lowest BCUT2D eigenvalue weighted by Gasteiger charge is -2.38. The van der Waals surface area contributed by atoms with Gasteiger partial charge in [-0.1, -0.05) is 6.92 Å². The zero-order valence-electron chi connectivity index (χ0n) is 9.41. The summed E-state index contributed by atoms with van der Waals surface area (Å²) < 4.78 is 0.968. The van der Waals surface area contributed by atoms with Crippen molar-refractivity contribution in [3.63, 3.8) is 0 Å². The topological polar surface area (TPSA) is 45.1 Å². The van der Waals surface area contributed by atoms with Gasteiger partial charge >= 0.3 is 0 Å². The molecule has 0 aromatic carbocycles. The summed E-state index contributed by atoms with van der Waals surface area (Å²) >= 11 is 3.40. The van der Waals surface area contributed by atoms with E-state index in [1.807, 2.05) is 12.3 Å². The molecule has 0 aliphatic carbocycles. The molecule has 1 saturated heterocycles. The summed E-state index contributed by atoms with van der Waals surface area (Å²) in [5.74, 6) is 0.278. The third-order valence-corrected chi connectivity index (χ3v) is 3.81. The molecule has 2 unspecified atom stereocenters. The lowest BCUT2D eigenvalue weighted by Crippen LogP contribution is -2.50. The van der Waals surface area contributed by atoms with Crippen LogP contribution in [0.5, 0.6) is 0 Å². The number of piperidine rings is 1. The predicted molar refractivity (Wildman–Crippen MR) is 67.2 cm³/mol. The maximum Gasteiger partial charge on any atom is 0.0738 e. The van der Waals surface area contributed by atoms with E-state index in [1.165, 1.54) is 0 Å². The van der Waals surface area contributed by atoms with Crippen LogP contribution in [0.3, 0.4) is 0 Å². The zero-order chi connectivity index (χ0) is 11.6. The highest BCUT2D eigenvalue weighted by atomic mass is 79.9. The van der Waals surface area contributed by atoms with Crippen molar-refractivity contribution in [2.24, 2.45) is 5.92 Å². The molecular weight excluding hydrogens is 268 g/mol. The Labute approximate surface area is 104 Å². The predicted octanol–water partition coefficient (Wildman–Crippen LogP) is 1.75. The Hall–Kier alpha value is -0.450. The molecule has 1 aromatic heterocycles. The standard InChI is InChI=1S/C12H17BrN2O/c1-9-6-14-3-2-12(9,16)5-10-4-11(13)8-15-7-10/h4,7-9,14,16H,2-3,5-6H2,1H3. The van der Waals surface area contributed by atoms with E-state index < -0.39 is 5.60 Å². The van der Waals surface area contributed by atoms with Crippen LogP contribution in [0.1, 0.15) is 18.9 Å². The van der Waals surface area contributed by atoms with Gasteiger partial charge in [0, 0.05) is 29.8 Å². The van der Waals surface area contributed by atoms with Crippen molar-refractivity contribution in [2.75, 3.05) is 13.1 Å². The third-order valence-electron chi connectivity index (χ3n) is 3.37. The van der Waals surface area contributed by atoms with Crippen LogP contribution in [0, 0.1) is 5.92 Å². The first kappa shape index (κ1) is 12.0. The van der Waals surface area contributed by atoms with E-state index in [9.17, 15) is 5.11 Å². The first-order valence-corrected chi connectivity index (χ1v) is 6.42. The smallest absolute Gasteiger partial charge is 0.0738 e. The normalized spacial score (nSPS) is 30.3. The molecule has 2 heterocycles. The number of rotatable bonds is 2. The zero-order valence-corrected chi connectivity index (χ0v) is 11.0. The van der Waals surface area contributed by atoms with Crippen molar-refractivity contribution in [3.8, 4) is 0 Å². The minimum Gasteiger partial charge on any atom is -0.389 e. The van der Waals surface area contributed by atoms with Crippen LogP contribution in [-0.4, -0.2) is 28.8 Å². The largest absolute Gasteiger partial charge is 0.389 e. The van der Waals surface area contributed by atoms with E-state index in [4.69, 9.17) is 0 Å². The van der Waals surface area contributed by atoms with Crippen molar-refractivity contribution >= 4 is 15.9 Å². The minimum atomic E-state index is -0.590. The number of hydrogen-bond donors (Lipinski definition) is 2. The molecule has 2 N–H and O–H groups in total. The molecule has 3 nitrogen and oxygen atoms in total. The highest BCUT2D eigenvalue weighted by molar-refractivity contribution is 9.10. The molecule has 0 saturated carbocycles.